The third-order valence-electron chi connectivity index (χ3n) is 7.74. The molecule has 0 radical (unpaired) electrons. The Morgan fingerprint density at radius 2 is 0.981 bits per heavy atom. The molecular weight excluding hydrogens is 700 g/mol. The molecule has 2 heterocycles. The van der Waals surface area contributed by atoms with Crippen molar-refractivity contribution >= 4 is 41.7 Å². The molecule has 15 nitrogen and oxygen atoms in total. The quantitative estimate of drug-likeness (QED) is 0.108. The van der Waals surface area contributed by atoms with E-state index in [1.165, 1.54) is 48.5 Å². The van der Waals surface area contributed by atoms with Crippen LogP contribution in [0.3, 0.4) is 0 Å². The number of rotatable bonds is 14. The number of hydrogen-bond donors (Lipinski definition) is 2. The van der Waals surface area contributed by atoms with Crippen molar-refractivity contribution in [2.24, 2.45) is 9.98 Å². The van der Waals surface area contributed by atoms with Gasteiger partial charge in [0.05, 0.1) is 37.3 Å². The van der Waals surface area contributed by atoms with Crippen LogP contribution in [-0.4, -0.2) is 94.3 Å². The minimum Gasteiger partial charge on any atom is -0.476 e. The second-order valence-corrected chi connectivity index (χ2v) is 11.5. The largest absolute Gasteiger partial charge is 0.519 e. The molecule has 276 valence electrons. The average molecular weight is 735 g/mol. The number of amides is 2. The van der Waals surface area contributed by atoms with E-state index in [0.29, 0.717) is 60.4 Å². The zero-order valence-corrected chi connectivity index (χ0v) is 28.8. The van der Waals surface area contributed by atoms with Crippen molar-refractivity contribution in [1.29, 1.82) is 0 Å². The summed E-state index contributed by atoms with van der Waals surface area (Å²) in [6.45, 7) is 2.20. The van der Waals surface area contributed by atoms with Crippen LogP contribution in [0, 0.1) is 0 Å². The molecule has 4 aromatic rings. The molecule has 0 saturated carbocycles. The SMILES string of the molecule is O=C(Oc1ccc(C(=O)NCCOC(=O)c2cccc(C3=NCCO3)c2)cc1)Oc1ccc(C(=O)NCCOC(=O)c2cccc(C3=NCCO3)c2)cc1. The molecule has 0 fully saturated rings. The Bertz CT molecular complexity index is 1930. The molecule has 0 atom stereocenters. The fourth-order valence-electron chi connectivity index (χ4n) is 5.13. The smallest absolute Gasteiger partial charge is 0.476 e. The van der Waals surface area contributed by atoms with E-state index in [1.54, 1.807) is 48.5 Å². The number of carbonyl (C=O) groups excluding carboxylic acids is 5. The van der Waals surface area contributed by atoms with E-state index in [2.05, 4.69) is 20.6 Å². The van der Waals surface area contributed by atoms with Gasteiger partial charge in [-0.2, -0.15) is 0 Å². The molecule has 54 heavy (non-hydrogen) atoms. The number of ether oxygens (including phenoxy) is 6. The van der Waals surface area contributed by atoms with Crippen molar-refractivity contribution in [2.75, 3.05) is 52.6 Å². The number of hydrogen-bond acceptors (Lipinski definition) is 13. The van der Waals surface area contributed by atoms with Gasteiger partial charge >= 0.3 is 18.1 Å². The van der Waals surface area contributed by atoms with E-state index in [4.69, 9.17) is 28.4 Å². The third-order valence-corrected chi connectivity index (χ3v) is 7.74. The van der Waals surface area contributed by atoms with Gasteiger partial charge in [-0.3, -0.25) is 9.59 Å². The first-order valence-electron chi connectivity index (χ1n) is 16.9. The van der Waals surface area contributed by atoms with Crippen molar-refractivity contribution < 1.29 is 52.4 Å². The molecule has 2 N–H and O–H groups in total. The van der Waals surface area contributed by atoms with Gasteiger partial charge in [0.25, 0.3) is 11.8 Å². The lowest BCUT2D eigenvalue weighted by atomic mass is 10.1. The first-order chi connectivity index (χ1) is 26.3. The number of carbonyl (C=O) groups is 5. The number of esters is 2. The third kappa shape index (κ3) is 10.1. The first kappa shape index (κ1) is 36.8. The van der Waals surface area contributed by atoms with Gasteiger partial charge in [-0.25, -0.2) is 24.4 Å². The van der Waals surface area contributed by atoms with Crippen molar-refractivity contribution in [3.63, 3.8) is 0 Å². The Kier molecular flexibility index (Phi) is 12.2. The van der Waals surface area contributed by atoms with Gasteiger partial charge in [0.2, 0.25) is 11.8 Å². The Labute approximate surface area is 308 Å². The predicted octanol–water partition coefficient (Wildman–Crippen LogP) is 3.99. The maximum Gasteiger partial charge on any atom is 0.519 e. The maximum absolute atomic E-state index is 12.5. The molecule has 2 aliphatic heterocycles. The van der Waals surface area contributed by atoms with Gasteiger partial charge in [-0.15, -0.1) is 0 Å². The van der Waals surface area contributed by atoms with Crippen LogP contribution in [0.5, 0.6) is 11.5 Å². The Morgan fingerprint density at radius 1 is 0.556 bits per heavy atom. The van der Waals surface area contributed by atoms with Crippen LogP contribution in [0.1, 0.15) is 52.6 Å². The maximum atomic E-state index is 12.5. The van der Waals surface area contributed by atoms with E-state index in [-0.39, 0.29) is 48.9 Å². The van der Waals surface area contributed by atoms with Crippen LogP contribution in [0.4, 0.5) is 4.79 Å². The molecule has 2 aliphatic rings. The number of benzene rings is 4. The molecule has 0 aromatic heterocycles. The lowest BCUT2D eigenvalue weighted by molar-refractivity contribution is 0.0496. The number of aliphatic imine (C=N–C) groups is 2. The number of nitrogens with one attached hydrogen (secondary N) is 2. The van der Waals surface area contributed by atoms with Crippen LogP contribution in [0.2, 0.25) is 0 Å². The molecule has 0 spiro atoms. The normalized spacial score (nSPS) is 13.0. The highest BCUT2D eigenvalue weighted by Gasteiger charge is 2.17. The fourth-order valence-corrected chi connectivity index (χ4v) is 5.13. The highest BCUT2D eigenvalue weighted by atomic mass is 16.7. The minimum atomic E-state index is -1.03. The second-order valence-electron chi connectivity index (χ2n) is 11.5. The molecular formula is C39H34N4O11. The highest BCUT2D eigenvalue weighted by Crippen LogP contribution is 2.17. The van der Waals surface area contributed by atoms with Crippen molar-refractivity contribution in [3.05, 3.63) is 130 Å². The van der Waals surface area contributed by atoms with Crippen molar-refractivity contribution in [1.82, 2.24) is 10.6 Å². The van der Waals surface area contributed by atoms with Crippen LogP contribution in [-0.2, 0) is 18.9 Å². The summed E-state index contributed by atoms with van der Waals surface area (Å²) in [6, 6.07) is 25.0. The fraction of sp³-hybridized carbons (Fsp3) is 0.205. The summed E-state index contributed by atoms with van der Waals surface area (Å²) in [5, 5.41) is 5.32. The monoisotopic (exact) mass is 734 g/mol. The molecule has 6 rings (SSSR count). The topological polar surface area (TPSA) is 190 Å². The lowest BCUT2D eigenvalue weighted by Gasteiger charge is -2.09. The van der Waals surface area contributed by atoms with Crippen LogP contribution >= 0.6 is 0 Å². The molecule has 0 unspecified atom stereocenters. The molecule has 0 saturated heterocycles. The van der Waals surface area contributed by atoms with Gasteiger partial charge in [0.1, 0.15) is 37.9 Å². The predicted molar refractivity (Wildman–Crippen MR) is 192 cm³/mol. The van der Waals surface area contributed by atoms with E-state index < -0.39 is 29.9 Å². The van der Waals surface area contributed by atoms with Crippen molar-refractivity contribution in [3.8, 4) is 11.5 Å². The summed E-state index contributed by atoms with van der Waals surface area (Å²) in [5.41, 5.74) is 2.63. The van der Waals surface area contributed by atoms with Gasteiger partial charge in [0, 0.05) is 22.3 Å². The zero-order valence-electron chi connectivity index (χ0n) is 28.8. The average Bonchev–Trinajstić information content (AvgIpc) is 3.95. The van der Waals surface area contributed by atoms with Crippen LogP contribution < -0.4 is 20.1 Å². The first-order valence-corrected chi connectivity index (χ1v) is 16.9. The number of nitrogens with zero attached hydrogens (tertiary/aromatic N) is 2. The summed E-state index contributed by atoms with van der Waals surface area (Å²) in [4.78, 5) is 70.8. The summed E-state index contributed by atoms with van der Waals surface area (Å²) in [7, 11) is 0. The summed E-state index contributed by atoms with van der Waals surface area (Å²) in [5.74, 6) is -0.701. The van der Waals surface area contributed by atoms with Gasteiger partial charge < -0.3 is 39.1 Å². The van der Waals surface area contributed by atoms with E-state index >= 15 is 0 Å². The molecule has 2 amide bonds. The minimum absolute atomic E-state index is 0.0493. The summed E-state index contributed by atoms with van der Waals surface area (Å²) < 4.78 is 31.8. The Balaban J connectivity index is 0.868. The Morgan fingerprint density at radius 3 is 1.37 bits per heavy atom. The van der Waals surface area contributed by atoms with E-state index in [1.807, 2.05) is 0 Å². The van der Waals surface area contributed by atoms with E-state index in [9.17, 15) is 24.0 Å². The highest BCUT2D eigenvalue weighted by molar-refractivity contribution is 5.99. The van der Waals surface area contributed by atoms with Crippen LogP contribution in [0.15, 0.2) is 107 Å². The molecule has 15 heteroatoms. The Hall–Kier alpha value is -7.03. The van der Waals surface area contributed by atoms with Gasteiger partial charge in [-0.1, -0.05) is 12.1 Å². The van der Waals surface area contributed by atoms with Gasteiger partial charge in [0.15, 0.2) is 0 Å². The molecule has 0 aliphatic carbocycles. The van der Waals surface area contributed by atoms with Crippen molar-refractivity contribution in [2.45, 2.75) is 0 Å². The lowest BCUT2D eigenvalue weighted by Crippen LogP contribution is -2.28. The molecule has 4 aromatic carbocycles. The summed E-state index contributed by atoms with van der Waals surface area (Å²) >= 11 is 0. The van der Waals surface area contributed by atoms with Crippen LogP contribution in [0.25, 0.3) is 0 Å². The second kappa shape index (κ2) is 17.9. The van der Waals surface area contributed by atoms with Gasteiger partial charge in [-0.05, 0) is 84.9 Å². The van der Waals surface area contributed by atoms with E-state index in [0.717, 1.165) is 0 Å². The molecule has 0 bridgehead atoms. The summed E-state index contributed by atoms with van der Waals surface area (Å²) in [6.07, 6.45) is -1.03. The zero-order chi connectivity index (χ0) is 37.7. The standard InChI is InChI=1S/C39H34N4O11/c44-33(40-15-21-51-37(46)29-5-1-3-27(23-29)35-42-17-19-49-35)25-7-11-31(12-8-25)53-39(48)54-32-13-9-26(10-14-32)34(45)41-16-22-52-38(47)30-6-2-4-28(24-30)36-43-18-20-50-36/h1-14,23-24H,15-22H2,(H,40,44)(H,41,45).